The molecule has 2 aromatic heterocycles. The lowest BCUT2D eigenvalue weighted by Gasteiger charge is -1.99. The second kappa shape index (κ2) is 5.61. The molecule has 0 bridgehead atoms. The second-order valence-corrected chi connectivity index (χ2v) is 4.02. The molecule has 1 amide bonds. The number of carbonyl (C=O) groups is 1. The predicted octanol–water partition coefficient (Wildman–Crippen LogP) is 0.219. The van der Waals surface area contributed by atoms with Crippen LogP contribution in [0.25, 0.3) is 0 Å². The largest absolute Gasteiger partial charge is 0.383 e. The average molecular weight is 264 g/mol. The average Bonchev–Trinajstić information content (AvgIpc) is 2.95. The summed E-state index contributed by atoms with van der Waals surface area (Å²) in [5, 5.41) is 10.8. The fourth-order valence-electron chi connectivity index (χ4n) is 1.47. The van der Waals surface area contributed by atoms with Crippen LogP contribution in [0.15, 0.2) is 12.3 Å². The van der Waals surface area contributed by atoms with Gasteiger partial charge in [0.25, 0.3) is 5.91 Å². The van der Waals surface area contributed by atoms with Gasteiger partial charge in [-0.1, -0.05) is 0 Å². The van der Waals surface area contributed by atoms with Crippen LogP contribution in [-0.2, 0) is 18.3 Å². The Bertz CT molecular complexity index is 554. The van der Waals surface area contributed by atoms with Crippen molar-refractivity contribution in [1.82, 2.24) is 24.5 Å². The molecule has 8 heteroatoms. The summed E-state index contributed by atoms with van der Waals surface area (Å²) in [6.45, 7) is 2.95. The standard InChI is InChI=1S/C11H16N6O2/c1-8-12-11(15-16(8)2)13-10(18)9-4-5-17(14-9)6-7-19-3/h4-5H,6-7H2,1-3H3,(H,13,15,18). The van der Waals surface area contributed by atoms with Gasteiger partial charge < -0.3 is 4.74 Å². The zero-order valence-electron chi connectivity index (χ0n) is 11.1. The molecule has 0 aliphatic heterocycles. The van der Waals surface area contributed by atoms with Gasteiger partial charge in [0.2, 0.25) is 5.95 Å². The number of nitrogens with zero attached hydrogens (tertiary/aromatic N) is 5. The molecule has 0 aromatic carbocycles. The van der Waals surface area contributed by atoms with Crippen LogP contribution >= 0.6 is 0 Å². The Hall–Kier alpha value is -2.22. The molecule has 19 heavy (non-hydrogen) atoms. The Morgan fingerprint density at radius 3 is 2.89 bits per heavy atom. The zero-order chi connectivity index (χ0) is 13.8. The van der Waals surface area contributed by atoms with E-state index in [0.29, 0.717) is 18.8 Å². The van der Waals surface area contributed by atoms with Gasteiger partial charge in [0.1, 0.15) is 5.82 Å². The van der Waals surface area contributed by atoms with Crippen molar-refractivity contribution in [2.45, 2.75) is 13.5 Å². The van der Waals surface area contributed by atoms with Crippen molar-refractivity contribution >= 4 is 11.9 Å². The molecule has 0 aliphatic carbocycles. The number of nitrogens with one attached hydrogen (secondary N) is 1. The van der Waals surface area contributed by atoms with E-state index in [2.05, 4.69) is 20.5 Å². The maximum atomic E-state index is 11.9. The first-order valence-electron chi connectivity index (χ1n) is 5.81. The second-order valence-electron chi connectivity index (χ2n) is 4.02. The highest BCUT2D eigenvalue weighted by Gasteiger charge is 2.12. The van der Waals surface area contributed by atoms with Crippen molar-refractivity contribution < 1.29 is 9.53 Å². The highest BCUT2D eigenvalue weighted by atomic mass is 16.5. The maximum absolute atomic E-state index is 11.9. The van der Waals surface area contributed by atoms with Crippen LogP contribution in [0, 0.1) is 6.92 Å². The number of ether oxygens (including phenoxy) is 1. The monoisotopic (exact) mass is 264 g/mol. The number of hydrogen-bond donors (Lipinski definition) is 1. The van der Waals surface area contributed by atoms with E-state index in [9.17, 15) is 4.79 Å². The van der Waals surface area contributed by atoms with Crippen LogP contribution in [0.3, 0.4) is 0 Å². The van der Waals surface area contributed by atoms with Gasteiger partial charge in [-0.2, -0.15) is 10.1 Å². The predicted molar refractivity (Wildman–Crippen MR) is 67.8 cm³/mol. The summed E-state index contributed by atoms with van der Waals surface area (Å²) in [6, 6.07) is 1.64. The molecule has 0 atom stereocenters. The summed E-state index contributed by atoms with van der Waals surface area (Å²) < 4.78 is 8.18. The molecule has 0 fully saturated rings. The zero-order valence-corrected chi connectivity index (χ0v) is 11.1. The van der Waals surface area contributed by atoms with Crippen molar-refractivity contribution in [3.8, 4) is 0 Å². The minimum atomic E-state index is -0.332. The van der Waals surface area contributed by atoms with Crippen LogP contribution < -0.4 is 5.32 Å². The number of methoxy groups -OCH3 is 1. The molecule has 2 rings (SSSR count). The number of hydrogen-bond acceptors (Lipinski definition) is 5. The first-order valence-corrected chi connectivity index (χ1v) is 5.81. The highest BCUT2D eigenvalue weighted by Crippen LogP contribution is 2.04. The molecule has 0 unspecified atom stereocenters. The number of aromatic nitrogens is 5. The van der Waals surface area contributed by atoms with E-state index in [1.165, 1.54) is 0 Å². The first kappa shape index (κ1) is 13.2. The van der Waals surface area contributed by atoms with Crippen LogP contribution in [0.1, 0.15) is 16.3 Å². The summed E-state index contributed by atoms with van der Waals surface area (Å²) in [5.41, 5.74) is 0.321. The quantitative estimate of drug-likeness (QED) is 0.834. The van der Waals surface area contributed by atoms with E-state index >= 15 is 0 Å². The highest BCUT2D eigenvalue weighted by molar-refractivity contribution is 6.01. The van der Waals surface area contributed by atoms with Crippen LogP contribution in [-0.4, -0.2) is 44.2 Å². The third kappa shape index (κ3) is 3.16. The number of rotatable bonds is 5. The van der Waals surface area contributed by atoms with E-state index in [-0.39, 0.29) is 11.9 Å². The Morgan fingerprint density at radius 2 is 2.26 bits per heavy atom. The van der Waals surface area contributed by atoms with Crippen molar-refractivity contribution in [2.75, 3.05) is 19.0 Å². The first-order chi connectivity index (χ1) is 9.10. The molecule has 102 valence electrons. The van der Waals surface area contributed by atoms with Crippen molar-refractivity contribution in [3.63, 3.8) is 0 Å². The third-order valence-electron chi connectivity index (χ3n) is 2.60. The van der Waals surface area contributed by atoms with Crippen molar-refractivity contribution in [1.29, 1.82) is 0 Å². The van der Waals surface area contributed by atoms with Gasteiger partial charge >= 0.3 is 0 Å². The maximum Gasteiger partial charge on any atom is 0.278 e. The van der Waals surface area contributed by atoms with Gasteiger partial charge in [0.15, 0.2) is 5.69 Å². The molecule has 0 spiro atoms. The molecule has 0 saturated carbocycles. The molecule has 2 aromatic rings. The molecule has 0 aliphatic rings. The number of aryl methyl sites for hydroxylation is 2. The topological polar surface area (TPSA) is 86.9 Å². The van der Waals surface area contributed by atoms with Gasteiger partial charge in [-0.05, 0) is 13.0 Å². The van der Waals surface area contributed by atoms with Gasteiger partial charge in [-0.25, -0.2) is 0 Å². The van der Waals surface area contributed by atoms with Crippen molar-refractivity contribution in [2.24, 2.45) is 7.05 Å². The fraction of sp³-hybridized carbons (Fsp3) is 0.455. The van der Waals surface area contributed by atoms with E-state index in [1.54, 1.807) is 35.8 Å². The van der Waals surface area contributed by atoms with Gasteiger partial charge in [0, 0.05) is 20.4 Å². The minimum Gasteiger partial charge on any atom is -0.383 e. The fourth-order valence-corrected chi connectivity index (χ4v) is 1.47. The summed E-state index contributed by atoms with van der Waals surface area (Å²) in [4.78, 5) is 16.0. The van der Waals surface area contributed by atoms with Gasteiger partial charge in [0.05, 0.1) is 13.2 Å². The lowest BCUT2D eigenvalue weighted by Crippen LogP contribution is -2.15. The summed E-state index contributed by atoms with van der Waals surface area (Å²) >= 11 is 0. The van der Waals surface area contributed by atoms with Gasteiger partial charge in [-0.3, -0.25) is 19.5 Å². The summed E-state index contributed by atoms with van der Waals surface area (Å²) in [6.07, 6.45) is 1.73. The van der Waals surface area contributed by atoms with Crippen LogP contribution in [0.4, 0.5) is 5.95 Å². The Balaban J connectivity index is 2.01. The molecular weight excluding hydrogens is 248 g/mol. The van der Waals surface area contributed by atoms with E-state index in [4.69, 9.17) is 4.74 Å². The minimum absolute atomic E-state index is 0.274. The number of anilines is 1. The number of amides is 1. The third-order valence-corrected chi connectivity index (χ3v) is 2.60. The lowest BCUT2D eigenvalue weighted by molar-refractivity contribution is 0.102. The molecule has 0 saturated heterocycles. The smallest absolute Gasteiger partial charge is 0.278 e. The normalized spacial score (nSPS) is 10.7. The molecule has 2 heterocycles. The lowest BCUT2D eigenvalue weighted by atomic mass is 10.4. The van der Waals surface area contributed by atoms with Crippen molar-refractivity contribution in [3.05, 3.63) is 23.8 Å². The molecule has 0 radical (unpaired) electrons. The molecular formula is C11H16N6O2. The van der Waals surface area contributed by atoms with Crippen LogP contribution in [0.5, 0.6) is 0 Å². The van der Waals surface area contributed by atoms with E-state index < -0.39 is 0 Å². The SMILES string of the molecule is COCCn1ccc(C(=O)Nc2nc(C)n(C)n2)n1. The van der Waals surface area contributed by atoms with Crippen LogP contribution in [0.2, 0.25) is 0 Å². The molecule has 8 nitrogen and oxygen atoms in total. The summed E-state index contributed by atoms with van der Waals surface area (Å²) in [7, 11) is 3.38. The summed E-state index contributed by atoms with van der Waals surface area (Å²) in [5.74, 6) is 0.666. The Kier molecular flexibility index (Phi) is 3.91. The number of carbonyl (C=O) groups excluding carboxylic acids is 1. The Labute approximate surface area is 110 Å². The molecule has 1 N–H and O–H groups in total. The van der Waals surface area contributed by atoms with E-state index in [1.807, 2.05) is 6.92 Å². The van der Waals surface area contributed by atoms with Gasteiger partial charge in [-0.15, -0.1) is 5.10 Å². The Morgan fingerprint density at radius 1 is 1.47 bits per heavy atom. The van der Waals surface area contributed by atoms with E-state index in [0.717, 1.165) is 5.82 Å².